The van der Waals surface area contributed by atoms with Crippen LogP contribution in [0.25, 0.3) is 0 Å². The molecule has 3 aliphatic rings. The second kappa shape index (κ2) is 10.0. The maximum atomic E-state index is 13.5. The SMILES string of the molecule is O=NNc1cc(Cl)ccc1C1CC(C(=O)Nc2ccc(CO)c3c2OCCO3)NC12CCCCC2. The Morgan fingerprint density at radius 2 is 1.89 bits per heavy atom. The van der Waals surface area contributed by atoms with Gasteiger partial charge >= 0.3 is 0 Å². The van der Waals surface area contributed by atoms with Crippen molar-refractivity contribution in [2.75, 3.05) is 24.0 Å². The van der Waals surface area contributed by atoms with Crippen LogP contribution in [0.4, 0.5) is 11.4 Å². The summed E-state index contributed by atoms with van der Waals surface area (Å²) in [5.41, 5.74) is 4.93. The van der Waals surface area contributed by atoms with Crippen LogP contribution >= 0.6 is 11.6 Å². The van der Waals surface area contributed by atoms with Crippen LogP contribution in [-0.2, 0) is 11.4 Å². The molecule has 1 amide bonds. The minimum absolute atomic E-state index is 0.00494. The molecule has 2 aliphatic heterocycles. The lowest BCUT2D eigenvalue weighted by molar-refractivity contribution is -0.118. The molecule has 0 radical (unpaired) electrons. The molecule has 1 saturated heterocycles. The van der Waals surface area contributed by atoms with E-state index >= 15 is 0 Å². The number of nitrogens with one attached hydrogen (secondary N) is 3. The Kier molecular flexibility index (Phi) is 6.82. The summed E-state index contributed by atoms with van der Waals surface area (Å²) in [4.78, 5) is 24.5. The van der Waals surface area contributed by atoms with E-state index in [1.807, 2.05) is 12.1 Å². The number of amides is 1. The van der Waals surface area contributed by atoms with Crippen molar-refractivity contribution in [1.82, 2.24) is 5.32 Å². The van der Waals surface area contributed by atoms with Crippen molar-refractivity contribution in [3.63, 3.8) is 0 Å². The lowest BCUT2D eigenvalue weighted by Crippen LogP contribution is -2.50. The number of hydrogen-bond acceptors (Lipinski definition) is 7. The van der Waals surface area contributed by atoms with E-state index in [1.165, 1.54) is 0 Å². The average Bonchev–Trinajstić information content (AvgIpc) is 3.23. The van der Waals surface area contributed by atoms with Crippen LogP contribution in [0.15, 0.2) is 35.6 Å². The number of ether oxygens (including phenoxy) is 2. The number of carbonyl (C=O) groups is 1. The summed E-state index contributed by atoms with van der Waals surface area (Å²) >= 11 is 6.18. The number of hydrogen-bond donors (Lipinski definition) is 4. The Labute approximate surface area is 208 Å². The highest BCUT2D eigenvalue weighted by Gasteiger charge is 2.50. The van der Waals surface area contributed by atoms with Gasteiger partial charge in [0.25, 0.3) is 0 Å². The predicted molar refractivity (Wildman–Crippen MR) is 133 cm³/mol. The molecule has 1 spiro atoms. The Hall–Kier alpha value is -2.88. The molecule has 2 unspecified atom stereocenters. The van der Waals surface area contributed by atoms with Gasteiger partial charge in [0.2, 0.25) is 5.91 Å². The fraction of sp³-hybridized carbons (Fsp3) is 0.480. The number of nitrogens with zero attached hydrogens (tertiary/aromatic N) is 1. The Morgan fingerprint density at radius 3 is 2.63 bits per heavy atom. The number of halogens is 1. The van der Waals surface area contributed by atoms with E-state index in [-0.39, 0.29) is 24.0 Å². The third-order valence-electron chi connectivity index (χ3n) is 7.42. The van der Waals surface area contributed by atoms with Gasteiger partial charge < -0.3 is 19.9 Å². The second-order valence-corrected chi connectivity index (χ2v) is 9.85. The highest BCUT2D eigenvalue weighted by atomic mass is 35.5. The maximum absolute atomic E-state index is 13.5. The number of carbonyl (C=O) groups excluding carboxylic acids is 1. The molecule has 2 fully saturated rings. The molecule has 4 N–H and O–H groups in total. The van der Waals surface area contributed by atoms with Gasteiger partial charge in [-0.3, -0.25) is 10.1 Å². The van der Waals surface area contributed by atoms with Crippen molar-refractivity contribution < 1.29 is 19.4 Å². The molecule has 0 bridgehead atoms. The number of aliphatic hydroxyl groups excluding tert-OH is 1. The monoisotopic (exact) mass is 500 g/mol. The zero-order valence-corrected chi connectivity index (χ0v) is 20.1. The summed E-state index contributed by atoms with van der Waals surface area (Å²) in [6, 6.07) is 8.46. The first-order chi connectivity index (χ1) is 17.0. The van der Waals surface area contributed by atoms with Crippen molar-refractivity contribution in [1.29, 1.82) is 0 Å². The molecule has 2 atom stereocenters. The van der Waals surface area contributed by atoms with E-state index in [2.05, 4.69) is 21.3 Å². The van der Waals surface area contributed by atoms with E-state index in [0.717, 1.165) is 37.7 Å². The first-order valence-corrected chi connectivity index (χ1v) is 12.4. The average molecular weight is 501 g/mol. The standard InChI is InChI=1S/C25H29ClN4O5/c26-16-5-6-17(20(12-16)29-30-33)18-13-21(28-25(18)8-2-1-3-9-25)24(32)27-19-7-4-15(14-31)22-23(19)35-11-10-34-22/h4-7,12,18,21,28,31H,1-3,8-11,13-14H2,(H,27,32)(H,29,33). The topological polar surface area (TPSA) is 121 Å². The summed E-state index contributed by atoms with van der Waals surface area (Å²) in [7, 11) is 0. The molecule has 2 aromatic carbocycles. The van der Waals surface area contributed by atoms with Crippen LogP contribution in [0.1, 0.15) is 55.6 Å². The van der Waals surface area contributed by atoms with E-state index in [1.54, 1.807) is 18.2 Å². The summed E-state index contributed by atoms with van der Waals surface area (Å²) in [5.74, 6) is 0.753. The summed E-state index contributed by atoms with van der Waals surface area (Å²) in [6.07, 6.45) is 5.75. The van der Waals surface area contributed by atoms with Crippen molar-refractivity contribution in [2.24, 2.45) is 5.29 Å². The quantitative estimate of drug-likeness (QED) is 0.340. The molecule has 1 saturated carbocycles. The fourth-order valence-electron chi connectivity index (χ4n) is 5.85. The molecule has 2 heterocycles. The smallest absolute Gasteiger partial charge is 0.241 e. The zero-order valence-electron chi connectivity index (χ0n) is 19.3. The van der Waals surface area contributed by atoms with E-state index in [0.29, 0.717) is 53.1 Å². The van der Waals surface area contributed by atoms with Crippen LogP contribution in [0.5, 0.6) is 11.5 Å². The van der Waals surface area contributed by atoms with Crippen LogP contribution in [0.2, 0.25) is 5.02 Å². The van der Waals surface area contributed by atoms with Crippen molar-refractivity contribution in [3.8, 4) is 11.5 Å². The molecule has 1 aliphatic carbocycles. The van der Waals surface area contributed by atoms with Gasteiger partial charge in [0.05, 0.1) is 29.3 Å². The third kappa shape index (κ3) is 4.55. The molecule has 0 aromatic heterocycles. The second-order valence-electron chi connectivity index (χ2n) is 9.41. The van der Waals surface area contributed by atoms with Gasteiger partial charge in [0.15, 0.2) is 11.5 Å². The van der Waals surface area contributed by atoms with Crippen LogP contribution in [-0.4, -0.2) is 35.8 Å². The summed E-state index contributed by atoms with van der Waals surface area (Å²) in [6.45, 7) is 0.578. The Balaban J connectivity index is 1.43. The lowest BCUT2D eigenvalue weighted by atomic mass is 9.71. The number of anilines is 2. The van der Waals surface area contributed by atoms with Crippen LogP contribution in [0, 0.1) is 4.91 Å². The molecule has 186 valence electrons. The van der Waals surface area contributed by atoms with Crippen molar-refractivity contribution >= 4 is 28.9 Å². The molecular weight excluding hydrogens is 472 g/mol. The lowest BCUT2D eigenvalue weighted by Gasteiger charge is -2.40. The first kappa shape index (κ1) is 23.8. The Morgan fingerprint density at radius 1 is 1.11 bits per heavy atom. The minimum Gasteiger partial charge on any atom is -0.486 e. The number of rotatable bonds is 6. The molecule has 10 heteroatoms. The van der Waals surface area contributed by atoms with Crippen molar-refractivity contribution in [3.05, 3.63) is 51.4 Å². The first-order valence-electron chi connectivity index (χ1n) is 12.0. The normalized spacial score (nSPS) is 22.6. The molecule has 35 heavy (non-hydrogen) atoms. The summed E-state index contributed by atoms with van der Waals surface area (Å²) in [5, 5.41) is 19.7. The fourth-order valence-corrected chi connectivity index (χ4v) is 6.03. The molecule has 2 aromatic rings. The number of aliphatic hydroxyl groups is 1. The minimum atomic E-state index is -0.441. The highest BCUT2D eigenvalue weighted by Crippen LogP contribution is 2.49. The van der Waals surface area contributed by atoms with Gasteiger partial charge in [-0.2, -0.15) is 0 Å². The van der Waals surface area contributed by atoms with Gasteiger partial charge in [0.1, 0.15) is 13.2 Å². The van der Waals surface area contributed by atoms with Gasteiger partial charge in [0, 0.05) is 22.0 Å². The number of nitroso groups, excluding NO2 is 1. The predicted octanol–water partition coefficient (Wildman–Crippen LogP) is 4.48. The summed E-state index contributed by atoms with van der Waals surface area (Å²) < 4.78 is 11.5. The van der Waals surface area contributed by atoms with Gasteiger partial charge in [-0.25, -0.2) is 5.43 Å². The van der Waals surface area contributed by atoms with E-state index in [4.69, 9.17) is 21.1 Å². The highest BCUT2D eigenvalue weighted by molar-refractivity contribution is 6.30. The molecular formula is C25H29ClN4O5. The molecule has 5 rings (SSSR count). The Bertz CT molecular complexity index is 1120. The van der Waals surface area contributed by atoms with E-state index in [9.17, 15) is 14.8 Å². The number of fused-ring (bicyclic) bond motifs is 1. The largest absolute Gasteiger partial charge is 0.486 e. The van der Waals surface area contributed by atoms with Crippen LogP contribution in [0.3, 0.4) is 0 Å². The van der Waals surface area contributed by atoms with Crippen molar-refractivity contribution in [2.45, 2.75) is 62.6 Å². The van der Waals surface area contributed by atoms with Gasteiger partial charge in [-0.15, -0.1) is 4.91 Å². The van der Waals surface area contributed by atoms with E-state index < -0.39 is 6.04 Å². The van der Waals surface area contributed by atoms with Crippen LogP contribution < -0.4 is 25.5 Å². The van der Waals surface area contributed by atoms with Gasteiger partial charge in [-0.05, 0) is 43.0 Å². The molecule has 9 nitrogen and oxygen atoms in total. The maximum Gasteiger partial charge on any atom is 0.241 e. The van der Waals surface area contributed by atoms with Gasteiger partial charge in [-0.1, -0.05) is 43.0 Å². The number of benzene rings is 2. The zero-order chi connectivity index (χ0) is 24.4. The third-order valence-corrected chi connectivity index (χ3v) is 7.65.